The van der Waals surface area contributed by atoms with E-state index in [4.69, 9.17) is 0 Å². The number of hydrogen-bond acceptors (Lipinski definition) is 3. The number of amides is 1. The topological polar surface area (TPSA) is 41.4 Å². The van der Waals surface area contributed by atoms with Gasteiger partial charge < -0.3 is 9.80 Å². The van der Waals surface area contributed by atoms with Crippen molar-refractivity contribution in [2.24, 2.45) is 0 Å². The van der Waals surface area contributed by atoms with Crippen molar-refractivity contribution in [3.63, 3.8) is 0 Å². The molecule has 24 heavy (non-hydrogen) atoms. The van der Waals surface area contributed by atoms with Crippen LogP contribution in [0.3, 0.4) is 0 Å². The van der Waals surface area contributed by atoms with Gasteiger partial charge >= 0.3 is 0 Å². The van der Waals surface area contributed by atoms with Gasteiger partial charge in [-0.3, -0.25) is 4.79 Å². The van der Waals surface area contributed by atoms with Gasteiger partial charge in [-0.25, -0.2) is 4.68 Å². The zero-order valence-electron chi connectivity index (χ0n) is 14.1. The Hall–Kier alpha value is -2.14. The van der Waals surface area contributed by atoms with Gasteiger partial charge in [0.25, 0.3) is 5.91 Å². The number of likely N-dealkylation sites (N-methyl/N-ethyl adjacent to an activating group) is 1. The van der Waals surface area contributed by atoms with Gasteiger partial charge in [-0.15, -0.1) is 0 Å². The maximum absolute atomic E-state index is 13.0. The van der Waals surface area contributed by atoms with E-state index in [1.54, 1.807) is 4.68 Å². The average molecular weight is 324 g/mol. The normalized spacial score (nSPS) is 24.6. The van der Waals surface area contributed by atoms with Crippen molar-refractivity contribution >= 4 is 5.91 Å². The molecule has 0 N–H and O–H groups in total. The molecule has 2 saturated heterocycles. The van der Waals surface area contributed by atoms with E-state index in [1.807, 2.05) is 42.6 Å². The van der Waals surface area contributed by atoms with Crippen LogP contribution in [0.4, 0.5) is 0 Å². The van der Waals surface area contributed by atoms with Crippen molar-refractivity contribution in [1.82, 2.24) is 19.6 Å². The minimum absolute atomic E-state index is 0.0764. The van der Waals surface area contributed by atoms with Crippen LogP contribution in [0.5, 0.6) is 0 Å². The highest BCUT2D eigenvalue weighted by Gasteiger charge is 2.39. The van der Waals surface area contributed by atoms with Crippen LogP contribution in [0.15, 0.2) is 42.6 Å². The van der Waals surface area contributed by atoms with E-state index < -0.39 is 0 Å². The lowest BCUT2D eigenvalue weighted by Gasteiger charge is -2.32. The molecular formula is C19H24N4O. The van der Waals surface area contributed by atoms with Crippen molar-refractivity contribution < 1.29 is 4.79 Å². The number of carbonyl (C=O) groups is 1. The quantitative estimate of drug-likeness (QED) is 0.871. The van der Waals surface area contributed by atoms with Gasteiger partial charge in [-0.1, -0.05) is 18.2 Å². The number of hydrogen-bond donors (Lipinski definition) is 0. The molecule has 2 aliphatic heterocycles. The molecule has 2 aromatic rings. The highest BCUT2D eigenvalue weighted by molar-refractivity contribution is 5.92. The monoisotopic (exact) mass is 324 g/mol. The Labute approximate surface area is 142 Å². The first-order chi connectivity index (χ1) is 11.7. The molecule has 1 aromatic heterocycles. The second-order valence-corrected chi connectivity index (χ2v) is 6.88. The number of nitrogens with zero attached hydrogens (tertiary/aromatic N) is 4. The summed E-state index contributed by atoms with van der Waals surface area (Å²) in [6.07, 6.45) is 6.52. The van der Waals surface area contributed by atoms with Crippen molar-refractivity contribution in [3.05, 3.63) is 48.3 Å². The SMILES string of the molecule is CN1CCC[C@@H]1[C@H]1CCCN1C(=O)c1ccn(-c2ccccc2)n1. The van der Waals surface area contributed by atoms with Gasteiger partial charge in [0.15, 0.2) is 5.69 Å². The van der Waals surface area contributed by atoms with Crippen LogP contribution in [0.1, 0.15) is 36.2 Å². The molecule has 3 heterocycles. The number of rotatable bonds is 3. The number of carbonyl (C=O) groups excluding carboxylic acids is 1. The fraction of sp³-hybridized carbons (Fsp3) is 0.474. The summed E-state index contributed by atoms with van der Waals surface area (Å²) in [4.78, 5) is 17.5. The van der Waals surface area contributed by atoms with Gasteiger partial charge in [0.05, 0.1) is 5.69 Å². The third kappa shape index (κ3) is 2.73. The van der Waals surface area contributed by atoms with E-state index in [2.05, 4.69) is 21.9 Å². The van der Waals surface area contributed by atoms with Gasteiger partial charge in [0, 0.05) is 24.8 Å². The van der Waals surface area contributed by atoms with Crippen LogP contribution in [-0.2, 0) is 0 Å². The van der Waals surface area contributed by atoms with Gasteiger partial charge in [-0.2, -0.15) is 5.10 Å². The van der Waals surface area contributed by atoms with E-state index in [-0.39, 0.29) is 5.91 Å². The molecule has 0 saturated carbocycles. The lowest BCUT2D eigenvalue weighted by molar-refractivity contribution is 0.0658. The molecule has 2 atom stereocenters. The van der Waals surface area contributed by atoms with E-state index in [9.17, 15) is 4.79 Å². The first kappa shape index (κ1) is 15.4. The molecular weight excluding hydrogens is 300 g/mol. The van der Waals surface area contributed by atoms with Crippen LogP contribution in [0.25, 0.3) is 5.69 Å². The molecule has 2 aliphatic rings. The molecule has 2 fully saturated rings. The van der Waals surface area contributed by atoms with Crippen LogP contribution in [0.2, 0.25) is 0 Å². The predicted molar refractivity (Wildman–Crippen MR) is 93.3 cm³/mol. The number of para-hydroxylation sites is 1. The Balaban J connectivity index is 1.54. The van der Waals surface area contributed by atoms with Crippen LogP contribution in [-0.4, -0.2) is 57.7 Å². The van der Waals surface area contributed by atoms with E-state index >= 15 is 0 Å². The molecule has 5 heteroatoms. The summed E-state index contributed by atoms with van der Waals surface area (Å²) in [6, 6.07) is 12.6. The Bertz CT molecular complexity index is 711. The van der Waals surface area contributed by atoms with Crippen LogP contribution in [0, 0.1) is 0 Å². The second-order valence-electron chi connectivity index (χ2n) is 6.88. The fourth-order valence-corrected chi connectivity index (χ4v) is 4.18. The Kier molecular flexibility index (Phi) is 4.10. The minimum Gasteiger partial charge on any atom is -0.333 e. The molecule has 5 nitrogen and oxygen atoms in total. The fourth-order valence-electron chi connectivity index (χ4n) is 4.18. The molecule has 0 unspecified atom stereocenters. The van der Waals surface area contributed by atoms with Gasteiger partial charge in [0.2, 0.25) is 0 Å². The summed E-state index contributed by atoms with van der Waals surface area (Å²) in [7, 11) is 2.18. The van der Waals surface area contributed by atoms with Crippen molar-refractivity contribution in [3.8, 4) is 5.69 Å². The predicted octanol–water partition coefficient (Wildman–Crippen LogP) is 2.57. The zero-order valence-corrected chi connectivity index (χ0v) is 14.1. The minimum atomic E-state index is 0.0764. The number of benzene rings is 1. The maximum Gasteiger partial charge on any atom is 0.274 e. The molecule has 126 valence electrons. The highest BCUT2D eigenvalue weighted by atomic mass is 16.2. The Morgan fingerprint density at radius 1 is 1.04 bits per heavy atom. The largest absolute Gasteiger partial charge is 0.333 e. The standard InChI is InChI=1S/C19H24N4O/c1-21-12-5-9-17(21)18-10-6-13-22(18)19(24)16-11-14-23(20-16)15-7-3-2-4-8-15/h2-4,7-8,11,14,17-18H,5-6,9-10,12-13H2,1H3/t17-,18-/m1/s1. The summed E-state index contributed by atoms with van der Waals surface area (Å²) in [6.45, 7) is 2.00. The van der Waals surface area contributed by atoms with Crippen molar-refractivity contribution in [2.75, 3.05) is 20.1 Å². The molecule has 1 aromatic carbocycles. The van der Waals surface area contributed by atoms with Gasteiger partial charge in [-0.05, 0) is 57.5 Å². The second kappa shape index (κ2) is 6.40. The summed E-state index contributed by atoms with van der Waals surface area (Å²) in [5, 5.41) is 4.52. The van der Waals surface area contributed by atoms with Crippen LogP contribution < -0.4 is 0 Å². The third-order valence-electron chi connectivity index (χ3n) is 5.41. The third-order valence-corrected chi connectivity index (χ3v) is 5.41. The van der Waals surface area contributed by atoms with Gasteiger partial charge in [0.1, 0.15) is 0 Å². The summed E-state index contributed by atoms with van der Waals surface area (Å²) >= 11 is 0. The molecule has 0 aliphatic carbocycles. The lowest BCUT2D eigenvalue weighted by Crippen LogP contribution is -2.47. The first-order valence-corrected chi connectivity index (χ1v) is 8.86. The summed E-state index contributed by atoms with van der Waals surface area (Å²) in [5.41, 5.74) is 1.52. The Morgan fingerprint density at radius 3 is 2.54 bits per heavy atom. The first-order valence-electron chi connectivity index (χ1n) is 8.86. The Morgan fingerprint density at radius 2 is 1.79 bits per heavy atom. The molecule has 0 radical (unpaired) electrons. The van der Waals surface area contributed by atoms with Crippen LogP contribution >= 0.6 is 0 Å². The molecule has 0 bridgehead atoms. The number of likely N-dealkylation sites (tertiary alicyclic amines) is 2. The zero-order chi connectivity index (χ0) is 16.5. The molecule has 0 spiro atoms. The van der Waals surface area contributed by atoms with E-state index in [0.29, 0.717) is 17.8 Å². The number of aromatic nitrogens is 2. The van der Waals surface area contributed by atoms with E-state index in [1.165, 1.54) is 12.8 Å². The smallest absolute Gasteiger partial charge is 0.274 e. The highest BCUT2D eigenvalue weighted by Crippen LogP contribution is 2.30. The average Bonchev–Trinajstić information content (AvgIpc) is 3.35. The summed E-state index contributed by atoms with van der Waals surface area (Å²) in [5.74, 6) is 0.0764. The lowest BCUT2D eigenvalue weighted by atomic mass is 10.0. The summed E-state index contributed by atoms with van der Waals surface area (Å²) < 4.78 is 1.78. The maximum atomic E-state index is 13.0. The van der Waals surface area contributed by atoms with Crippen molar-refractivity contribution in [1.29, 1.82) is 0 Å². The van der Waals surface area contributed by atoms with Crippen molar-refractivity contribution in [2.45, 2.75) is 37.8 Å². The van der Waals surface area contributed by atoms with E-state index in [0.717, 1.165) is 31.6 Å². The molecule has 4 rings (SSSR count). The molecule has 1 amide bonds.